The zero-order chi connectivity index (χ0) is 40.3. The molecule has 0 heterocycles. The summed E-state index contributed by atoms with van der Waals surface area (Å²) in [6.45, 7) is 6.87. The molecule has 59 heavy (non-hydrogen) atoms. The summed E-state index contributed by atoms with van der Waals surface area (Å²) < 4.78 is 0. The third-order valence-corrected chi connectivity index (χ3v) is 17.5. The molecule has 0 N–H and O–H groups in total. The Morgan fingerprint density at radius 2 is 0.458 bits per heavy atom. The number of hydrogen-bond donors (Lipinski definition) is 0. The monoisotopic (exact) mass is 792 g/mol. The van der Waals surface area contributed by atoms with Gasteiger partial charge in [0.25, 0.3) is 0 Å². The van der Waals surface area contributed by atoms with Crippen LogP contribution in [0.15, 0.2) is 218 Å². The van der Waals surface area contributed by atoms with E-state index in [4.69, 9.17) is 11.1 Å². The van der Waals surface area contributed by atoms with Crippen molar-refractivity contribution in [1.82, 2.24) is 0 Å². The second-order valence-electron chi connectivity index (χ2n) is 15.4. The lowest BCUT2D eigenvalue weighted by molar-refractivity contribution is 1.45. The largest absolute Gasteiger partial charge is 0.248 e. The maximum absolute atomic E-state index is 9.13. The van der Waals surface area contributed by atoms with Crippen molar-refractivity contribution in [3.05, 3.63) is 235 Å². The minimum atomic E-state index is -3.52. The van der Waals surface area contributed by atoms with Crippen LogP contribution in [0, 0.1) is 20.8 Å². The first kappa shape index (κ1) is 38.0. The van der Waals surface area contributed by atoms with E-state index in [1.807, 2.05) is 0 Å². The van der Waals surface area contributed by atoms with Crippen molar-refractivity contribution < 1.29 is 0 Å². The summed E-state index contributed by atoms with van der Waals surface area (Å²) in [5.74, 6) is 0. The van der Waals surface area contributed by atoms with Gasteiger partial charge in [-0.2, -0.15) is 0 Å². The van der Waals surface area contributed by atoms with E-state index < -0.39 is 7.38 Å². The molecule has 0 fully saturated rings. The predicted octanol–water partition coefficient (Wildman–Crippen LogP) is 13.8. The van der Waals surface area contributed by atoms with Gasteiger partial charge in [0, 0.05) is 0 Å². The molecule has 0 radical (unpaired) electrons. The lowest BCUT2D eigenvalue weighted by Gasteiger charge is -2.34. The van der Waals surface area contributed by atoms with E-state index >= 15 is 0 Å². The Balaban J connectivity index is 1.47. The van der Waals surface area contributed by atoms with Crippen LogP contribution in [0.4, 0.5) is 0 Å². The van der Waals surface area contributed by atoms with Gasteiger partial charge in [0.2, 0.25) is 7.38 Å². The Kier molecular flexibility index (Phi) is 10.6. The molecule has 0 unspecified atom stereocenters. The third kappa shape index (κ3) is 7.29. The average molecular weight is 794 g/mol. The van der Waals surface area contributed by atoms with Crippen LogP contribution in [-0.4, -0.2) is 7.38 Å². The maximum atomic E-state index is 9.13. The molecule has 9 rings (SSSR count). The van der Waals surface area contributed by atoms with E-state index in [-0.39, 0.29) is 0 Å². The molecule has 9 aromatic carbocycles. The van der Waals surface area contributed by atoms with Gasteiger partial charge in [0.15, 0.2) is 0 Å². The zero-order valence-electron chi connectivity index (χ0n) is 33.7. The Bertz CT molecular complexity index is 2550. The third-order valence-electron chi connectivity index (χ3n) is 11.9. The first-order valence-corrected chi connectivity index (χ1v) is 23.4. The molecule has 9 aromatic rings. The molecule has 0 aromatic heterocycles. The van der Waals surface area contributed by atoms with Crippen molar-refractivity contribution in [3.8, 4) is 66.8 Å². The molecule has 0 aliphatic rings. The molecule has 0 aliphatic heterocycles. The highest BCUT2D eigenvalue weighted by molar-refractivity contribution is 7.41. The van der Waals surface area contributed by atoms with Crippen LogP contribution < -0.4 is 15.6 Å². The summed E-state index contributed by atoms with van der Waals surface area (Å²) in [6, 6.07) is 79.1. The van der Waals surface area contributed by atoms with Crippen molar-refractivity contribution in [2.45, 2.75) is 20.8 Å². The van der Waals surface area contributed by atoms with E-state index in [9.17, 15) is 0 Å². The van der Waals surface area contributed by atoms with Crippen molar-refractivity contribution in [1.29, 1.82) is 0 Å². The van der Waals surface area contributed by atoms with Gasteiger partial charge >= 0.3 is 0 Å². The summed E-state index contributed by atoms with van der Waals surface area (Å²) in [6.07, 6.45) is 0. The smallest absolute Gasteiger partial charge is 0.149 e. The van der Waals surface area contributed by atoms with Gasteiger partial charge in [-0.05, 0) is 138 Å². The maximum Gasteiger partial charge on any atom is 0.248 e. The van der Waals surface area contributed by atoms with Gasteiger partial charge in [-0.1, -0.05) is 200 Å². The lowest BCUT2D eigenvalue weighted by Crippen LogP contribution is -2.65. The normalized spacial score (nSPS) is 11.4. The summed E-state index contributed by atoms with van der Waals surface area (Å²) in [5, 5.41) is 3.58. The molecular formula is C57H45ClSi. The van der Waals surface area contributed by atoms with Gasteiger partial charge in [-0.25, -0.2) is 0 Å². The molecule has 0 aliphatic carbocycles. The topological polar surface area (TPSA) is 0 Å². The fourth-order valence-electron chi connectivity index (χ4n) is 8.80. The summed E-state index contributed by atoms with van der Waals surface area (Å²) >= 11 is 9.13. The minimum Gasteiger partial charge on any atom is -0.149 e. The van der Waals surface area contributed by atoms with Crippen molar-refractivity contribution in [2.75, 3.05) is 0 Å². The van der Waals surface area contributed by atoms with Gasteiger partial charge in [-0.3, -0.25) is 0 Å². The summed E-state index contributed by atoms with van der Waals surface area (Å²) in [7, 11) is -3.52. The van der Waals surface area contributed by atoms with E-state index in [1.54, 1.807) is 0 Å². The number of hydrogen-bond acceptors (Lipinski definition) is 0. The molecule has 2 heteroatoms. The first-order valence-electron chi connectivity index (χ1n) is 20.4. The van der Waals surface area contributed by atoms with Crippen LogP contribution >= 0.6 is 11.1 Å². The van der Waals surface area contributed by atoms with Crippen LogP contribution in [0.25, 0.3) is 66.8 Å². The molecular weight excluding hydrogens is 748 g/mol. The van der Waals surface area contributed by atoms with Crippen LogP contribution in [-0.2, 0) is 0 Å². The van der Waals surface area contributed by atoms with Gasteiger partial charge in [0.05, 0.1) is 0 Å². The second kappa shape index (κ2) is 16.4. The average Bonchev–Trinajstić information content (AvgIpc) is 3.30. The molecule has 0 bridgehead atoms. The van der Waals surface area contributed by atoms with Crippen molar-refractivity contribution >= 4 is 34.0 Å². The summed E-state index contributed by atoms with van der Waals surface area (Å²) in [5.41, 5.74) is 17.7. The SMILES string of the molecule is Cc1c(-c2ccccc2)cc(-c2ccccc2)cc1[Si](Cl)(c1cc(-c2ccccc2)cc(-c2ccccc2)c1C)c1cc(-c2ccccc2)cc(-c2ccccc2)c1C. The van der Waals surface area contributed by atoms with Crippen LogP contribution in [0.1, 0.15) is 16.7 Å². The molecule has 0 atom stereocenters. The number of rotatable bonds is 9. The highest BCUT2D eigenvalue weighted by Crippen LogP contribution is 2.37. The molecule has 0 saturated carbocycles. The predicted molar refractivity (Wildman–Crippen MR) is 257 cm³/mol. The second-order valence-corrected chi connectivity index (χ2v) is 20.1. The van der Waals surface area contributed by atoms with Crippen LogP contribution in [0.5, 0.6) is 0 Å². The van der Waals surface area contributed by atoms with E-state index in [0.717, 1.165) is 16.7 Å². The van der Waals surface area contributed by atoms with Crippen molar-refractivity contribution in [3.63, 3.8) is 0 Å². The highest BCUT2D eigenvalue weighted by atomic mass is 35.6. The van der Waals surface area contributed by atoms with Crippen LogP contribution in [0.2, 0.25) is 0 Å². The molecule has 0 saturated heterocycles. The van der Waals surface area contributed by atoms with E-state index in [1.165, 1.54) is 82.3 Å². The minimum absolute atomic E-state index is 1.16. The Morgan fingerprint density at radius 1 is 0.254 bits per heavy atom. The lowest BCUT2D eigenvalue weighted by atomic mass is 9.94. The first-order chi connectivity index (χ1) is 28.9. The Morgan fingerprint density at radius 3 is 0.678 bits per heavy atom. The van der Waals surface area contributed by atoms with E-state index in [2.05, 4.69) is 239 Å². The summed E-state index contributed by atoms with van der Waals surface area (Å²) in [4.78, 5) is 0. The van der Waals surface area contributed by atoms with Crippen LogP contribution in [0.3, 0.4) is 0 Å². The fourth-order valence-corrected chi connectivity index (χ4v) is 14.5. The standard InChI is InChI=1S/C57H45ClSi/c1-40-52(46-28-16-7-17-29-46)34-49(43-22-10-4-11-23-43)37-55(40)59(58,56-38-50(44-24-12-5-13-25-44)35-53(41(56)2)47-30-18-8-19-31-47)57-39-51(45-26-14-6-15-27-45)36-54(42(57)3)48-32-20-9-21-33-48/h4-39H,1-3H3. The van der Waals surface area contributed by atoms with Crippen molar-refractivity contribution in [2.24, 2.45) is 0 Å². The molecule has 0 spiro atoms. The van der Waals surface area contributed by atoms with Gasteiger partial charge < -0.3 is 0 Å². The Labute approximate surface area is 354 Å². The number of benzene rings is 9. The molecule has 0 amide bonds. The van der Waals surface area contributed by atoms with E-state index in [0.29, 0.717) is 0 Å². The highest BCUT2D eigenvalue weighted by Gasteiger charge is 2.44. The fraction of sp³-hybridized carbons (Fsp3) is 0.0526. The molecule has 284 valence electrons. The molecule has 0 nitrogen and oxygen atoms in total. The number of halogens is 1. The zero-order valence-corrected chi connectivity index (χ0v) is 35.4. The Hall–Kier alpha value is -6.51. The quantitative estimate of drug-likeness (QED) is 0.0776. The van der Waals surface area contributed by atoms with Gasteiger partial charge in [0.1, 0.15) is 0 Å². The van der Waals surface area contributed by atoms with Gasteiger partial charge in [-0.15, -0.1) is 11.1 Å².